The summed E-state index contributed by atoms with van der Waals surface area (Å²) in [7, 11) is 0. The lowest BCUT2D eigenvalue weighted by atomic mass is 10.0. The van der Waals surface area contributed by atoms with Gasteiger partial charge in [0.25, 0.3) is 5.91 Å². The molecule has 4 aromatic heterocycles. The molecule has 8 rings (SSSR count). The third-order valence-corrected chi connectivity index (χ3v) is 12.7. The average Bonchev–Trinajstić information content (AvgIpc) is 3.69. The first-order valence-corrected chi connectivity index (χ1v) is 25.3. The predicted octanol–water partition coefficient (Wildman–Crippen LogP) is 12.0. The quantitative estimate of drug-likeness (QED) is 0.0756. The average molecular weight is 1130 g/mol. The minimum atomic E-state index is -4.49. The van der Waals surface area contributed by atoms with Crippen LogP contribution < -0.4 is 25.8 Å². The first-order chi connectivity index (χ1) is 33.7. The number of hydrogen-bond acceptors (Lipinski definition) is 11. The number of fused-ring (bicyclic) bond motifs is 2. The van der Waals surface area contributed by atoms with Crippen molar-refractivity contribution in [1.29, 1.82) is 0 Å². The third kappa shape index (κ3) is 14.8. The minimum Gasteiger partial charge on any atom is -0.443 e. The Balaban J connectivity index is 0.000000224. The van der Waals surface area contributed by atoms with Gasteiger partial charge in [-0.1, -0.05) is 31.7 Å². The van der Waals surface area contributed by atoms with Crippen molar-refractivity contribution in [3.8, 4) is 11.3 Å². The van der Waals surface area contributed by atoms with Crippen LogP contribution >= 0.6 is 22.6 Å². The smallest absolute Gasteiger partial charge is 0.414 e. The summed E-state index contributed by atoms with van der Waals surface area (Å²) in [6.45, 7) is 10.6. The van der Waals surface area contributed by atoms with Crippen molar-refractivity contribution in [2.24, 2.45) is 0 Å². The van der Waals surface area contributed by atoms with Gasteiger partial charge in [0.15, 0.2) is 11.3 Å². The first-order valence-electron chi connectivity index (χ1n) is 24.2. The van der Waals surface area contributed by atoms with E-state index < -0.39 is 61.7 Å². The summed E-state index contributed by atoms with van der Waals surface area (Å²) in [4.78, 5) is 49.6. The topological polar surface area (TPSA) is 173 Å². The van der Waals surface area contributed by atoms with E-state index in [0.29, 0.717) is 32.2 Å². The normalized spacial score (nSPS) is 15.9. The molecule has 3 aliphatic rings. The lowest BCUT2D eigenvalue weighted by Gasteiger charge is -2.28. The molecule has 3 amide bonds. The van der Waals surface area contributed by atoms with Crippen LogP contribution in [-0.2, 0) is 9.47 Å². The van der Waals surface area contributed by atoms with E-state index >= 15 is 0 Å². The van der Waals surface area contributed by atoms with Crippen LogP contribution in [0.5, 0.6) is 0 Å². The molecule has 23 heteroatoms. The fourth-order valence-corrected chi connectivity index (χ4v) is 8.95. The highest BCUT2D eigenvalue weighted by atomic mass is 127. The van der Waals surface area contributed by atoms with Gasteiger partial charge in [0.1, 0.15) is 26.5 Å². The zero-order chi connectivity index (χ0) is 52.3. The molecule has 0 aliphatic heterocycles. The largest absolute Gasteiger partial charge is 0.443 e. The second kappa shape index (κ2) is 21.8. The number of amides is 3. The van der Waals surface area contributed by atoms with Crippen LogP contribution in [0.1, 0.15) is 135 Å². The summed E-state index contributed by atoms with van der Waals surface area (Å²) in [5.41, 5.74) is 1.74. The number of aromatic nitrogens is 6. The molecule has 0 atom stereocenters. The molecule has 0 unspecified atom stereocenters. The van der Waals surface area contributed by atoms with Crippen LogP contribution in [0, 0.1) is 10.6 Å². The molecule has 5 aromatic rings. The summed E-state index contributed by atoms with van der Waals surface area (Å²) in [5.74, 6) is 0.781. The number of aryl methyl sites for hydroxylation is 1. The highest BCUT2D eigenvalue weighted by molar-refractivity contribution is 14.1. The number of nitrogens with zero attached hydrogens (tertiary/aromatic N) is 8. The van der Waals surface area contributed by atoms with Gasteiger partial charge in [-0.2, -0.15) is 26.3 Å². The molecule has 0 bridgehead atoms. The Labute approximate surface area is 427 Å². The number of nitrogens with one attached hydrogen (secondary N) is 3. The number of hydrogen-bond donors (Lipinski definition) is 3. The van der Waals surface area contributed by atoms with Gasteiger partial charge >= 0.3 is 24.5 Å². The fourth-order valence-electron chi connectivity index (χ4n) is 8.47. The monoisotopic (exact) mass is 1130 g/mol. The summed E-state index contributed by atoms with van der Waals surface area (Å²) in [5, 5.41) is 19.0. The van der Waals surface area contributed by atoms with E-state index in [9.17, 15) is 40.7 Å². The number of imidazole rings is 2. The summed E-state index contributed by atoms with van der Waals surface area (Å²) >= 11 is 2.04. The molecule has 3 aliphatic carbocycles. The van der Waals surface area contributed by atoms with E-state index in [4.69, 9.17) is 14.6 Å². The van der Waals surface area contributed by atoms with E-state index in [0.717, 1.165) is 85.1 Å². The number of ether oxygens (including phenoxy) is 2. The predicted molar refractivity (Wildman–Crippen MR) is 270 cm³/mol. The molecule has 72 heavy (non-hydrogen) atoms. The molecule has 4 heterocycles. The SMILES string of the molecule is CC(C)(C)OC(=O)N(CCC(F)(F)F)c1cc(NC2CCCC2)nn2c(I)cnc12.Cc1cc(-c2cnc3c(N(CCC(F)(F)F)C(=O)OC(C)(C)C)cc(NC4CCCC4)nn23)ccc1C(=O)NC1CC1. The number of benzene rings is 1. The molecule has 0 radical (unpaired) electrons. The highest BCUT2D eigenvalue weighted by Gasteiger charge is 2.35. The van der Waals surface area contributed by atoms with Crippen molar-refractivity contribution in [3.63, 3.8) is 0 Å². The van der Waals surface area contributed by atoms with Crippen LogP contribution in [0.3, 0.4) is 0 Å². The van der Waals surface area contributed by atoms with E-state index in [1.54, 1.807) is 78.2 Å². The van der Waals surface area contributed by atoms with Gasteiger partial charge in [-0.05, 0) is 127 Å². The Morgan fingerprint density at radius 3 is 1.57 bits per heavy atom. The Hall–Kier alpha value is -5.62. The van der Waals surface area contributed by atoms with Crippen molar-refractivity contribution < 1.29 is 50.2 Å². The number of alkyl halides is 6. The number of anilines is 4. The molecular formula is C49H62F6IN11O5. The Morgan fingerprint density at radius 1 is 0.667 bits per heavy atom. The second-order valence-electron chi connectivity index (χ2n) is 20.5. The van der Waals surface area contributed by atoms with E-state index in [1.165, 1.54) is 9.03 Å². The summed E-state index contributed by atoms with van der Waals surface area (Å²) < 4.78 is 93.7. The molecule has 1 aromatic carbocycles. The van der Waals surface area contributed by atoms with Gasteiger partial charge in [-0.3, -0.25) is 14.6 Å². The maximum absolute atomic E-state index is 13.4. The van der Waals surface area contributed by atoms with Crippen LogP contribution in [0.2, 0.25) is 0 Å². The van der Waals surface area contributed by atoms with Gasteiger partial charge in [0, 0.05) is 54.5 Å². The summed E-state index contributed by atoms with van der Waals surface area (Å²) in [6, 6.07) is 9.19. The number of halogens is 7. The molecule has 3 saturated carbocycles. The molecule has 3 fully saturated rings. The lowest BCUT2D eigenvalue weighted by Crippen LogP contribution is -2.39. The first kappa shape index (κ1) is 54.2. The highest BCUT2D eigenvalue weighted by Crippen LogP contribution is 2.35. The van der Waals surface area contributed by atoms with Crippen LogP contribution in [0.25, 0.3) is 22.6 Å². The van der Waals surface area contributed by atoms with Crippen LogP contribution in [0.4, 0.5) is 58.9 Å². The standard InChI is InChI=1S/C30H37F3N6O3.C19H25F3IN5O2/c1-18-15-19(9-12-22(18)27(40)36-21-10-11-21)24-17-34-26-23(16-25(37-39(24)26)35-20-7-5-6-8-20)38(14-13-30(31,32)33)28(41)42-29(2,3)4;1-18(2,3)30-17(29)27(9-8-19(20,21)22)13-10-15(25-12-6-4-5-7-12)26-28-14(23)11-24-16(13)28/h9,12,15-17,20-21H,5-8,10-11,13-14H2,1-4H3,(H,35,37)(H,36,40);10-12H,4-9H2,1-3H3,(H,25,26). The second-order valence-corrected chi connectivity index (χ2v) is 21.7. The van der Waals surface area contributed by atoms with Gasteiger partial charge in [-0.25, -0.2) is 28.6 Å². The number of carbonyl (C=O) groups is 3. The van der Waals surface area contributed by atoms with Crippen LogP contribution in [-0.4, -0.2) is 102 Å². The number of carbonyl (C=O) groups excluding carboxylic acids is 3. The summed E-state index contributed by atoms with van der Waals surface area (Å²) in [6.07, 6.45) is 0.308. The van der Waals surface area contributed by atoms with Gasteiger partial charge in [0.2, 0.25) is 0 Å². The van der Waals surface area contributed by atoms with Gasteiger partial charge in [0.05, 0.1) is 42.3 Å². The Kier molecular flexibility index (Phi) is 16.4. The van der Waals surface area contributed by atoms with Crippen molar-refractivity contribution in [1.82, 2.24) is 34.5 Å². The van der Waals surface area contributed by atoms with Gasteiger partial charge < -0.3 is 25.4 Å². The maximum atomic E-state index is 13.4. The molecule has 3 N–H and O–H groups in total. The third-order valence-electron chi connectivity index (χ3n) is 12.0. The van der Waals surface area contributed by atoms with Crippen molar-refractivity contribution in [2.45, 2.75) is 167 Å². The molecule has 0 saturated heterocycles. The molecular weight excluding hydrogens is 1060 g/mol. The lowest BCUT2D eigenvalue weighted by molar-refractivity contribution is -0.133. The maximum Gasteiger partial charge on any atom is 0.414 e. The zero-order valence-electron chi connectivity index (χ0n) is 41.4. The van der Waals surface area contributed by atoms with Crippen molar-refractivity contribution in [3.05, 3.63) is 57.6 Å². The zero-order valence-corrected chi connectivity index (χ0v) is 43.6. The molecule has 392 valence electrons. The number of rotatable bonds is 13. The van der Waals surface area contributed by atoms with E-state index in [-0.39, 0.29) is 41.1 Å². The molecule has 16 nitrogen and oxygen atoms in total. The van der Waals surface area contributed by atoms with E-state index in [1.807, 2.05) is 35.6 Å². The Morgan fingerprint density at radius 2 is 1.12 bits per heavy atom. The van der Waals surface area contributed by atoms with Crippen LogP contribution in [0.15, 0.2) is 42.7 Å². The minimum absolute atomic E-state index is 0.124. The van der Waals surface area contributed by atoms with Crippen molar-refractivity contribution >= 4 is 75.0 Å². The van der Waals surface area contributed by atoms with Crippen molar-refractivity contribution in [2.75, 3.05) is 33.5 Å². The van der Waals surface area contributed by atoms with Gasteiger partial charge in [-0.15, -0.1) is 10.2 Å². The molecule has 0 spiro atoms. The fraction of sp³-hybridized carbons (Fsp3) is 0.571. The Bertz CT molecular complexity index is 2730. The van der Waals surface area contributed by atoms with E-state index in [2.05, 4.69) is 31.0 Å².